The molecule has 0 bridgehead atoms. The molecule has 12 nitrogen and oxygen atoms in total. The molecule has 1 aliphatic heterocycles. The van der Waals surface area contributed by atoms with E-state index >= 15 is 0 Å². The topological polar surface area (TPSA) is 127 Å². The van der Waals surface area contributed by atoms with Crippen LogP contribution in [-0.2, 0) is 4.79 Å². The third kappa shape index (κ3) is 4.30. The summed E-state index contributed by atoms with van der Waals surface area (Å²) in [5.74, 6) is -0.215. The minimum atomic E-state index is -1.12. The second kappa shape index (κ2) is 9.44. The van der Waals surface area contributed by atoms with Crippen LogP contribution < -0.4 is 0 Å². The van der Waals surface area contributed by atoms with Crippen molar-refractivity contribution in [2.45, 2.75) is 38.8 Å². The van der Waals surface area contributed by atoms with Gasteiger partial charge in [0.15, 0.2) is 0 Å². The van der Waals surface area contributed by atoms with E-state index in [1.54, 1.807) is 17.3 Å². The van der Waals surface area contributed by atoms with E-state index in [-0.39, 0.29) is 18.5 Å². The molecule has 4 aromatic rings. The second-order valence-corrected chi connectivity index (χ2v) is 9.12. The van der Waals surface area contributed by atoms with E-state index < -0.39 is 6.09 Å². The Morgan fingerprint density at radius 2 is 1.83 bits per heavy atom. The van der Waals surface area contributed by atoms with Gasteiger partial charge in [-0.3, -0.25) is 14.2 Å². The van der Waals surface area contributed by atoms with Crippen LogP contribution in [0.1, 0.15) is 38.8 Å². The third-order valence-corrected chi connectivity index (χ3v) is 6.77. The molecule has 0 unspecified atom stereocenters. The van der Waals surface area contributed by atoms with Crippen molar-refractivity contribution in [3.8, 4) is 22.5 Å². The van der Waals surface area contributed by atoms with Crippen LogP contribution >= 0.6 is 0 Å². The maximum Gasteiger partial charge on any atom is 0.407 e. The standard InChI is InChI=1S/C24H29N9O3/c1-4-18(5-2)31-11-17(9-27-31)23-21-6-7-25-33(21)14-20(28-23)16-8-26-32(10-16)19-12-30(13-19)22(34)15-29(3)24(35)36/h6-11,14,18-19H,4-5,12-13,15H2,1-3H3,(H,35,36). The molecule has 2 amide bonds. The highest BCUT2D eigenvalue weighted by Crippen LogP contribution is 2.29. The summed E-state index contributed by atoms with van der Waals surface area (Å²) in [5, 5.41) is 22.5. The lowest BCUT2D eigenvalue weighted by atomic mass is 10.1. The van der Waals surface area contributed by atoms with Crippen LogP contribution in [0, 0.1) is 0 Å². The Bertz CT molecular complexity index is 1390. The number of fused-ring (bicyclic) bond motifs is 1. The van der Waals surface area contributed by atoms with Gasteiger partial charge in [0.25, 0.3) is 0 Å². The zero-order valence-electron chi connectivity index (χ0n) is 20.5. The van der Waals surface area contributed by atoms with E-state index in [0.717, 1.165) is 45.8 Å². The monoisotopic (exact) mass is 491 g/mol. The Morgan fingerprint density at radius 1 is 1.08 bits per heavy atom. The minimum Gasteiger partial charge on any atom is -0.465 e. The van der Waals surface area contributed by atoms with Crippen molar-refractivity contribution in [2.24, 2.45) is 0 Å². The number of likely N-dealkylation sites (N-methyl/N-ethyl adjacent to an activating group) is 1. The number of aromatic nitrogens is 7. The highest BCUT2D eigenvalue weighted by atomic mass is 16.4. The van der Waals surface area contributed by atoms with Gasteiger partial charge in [0.2, 0.25) is 5.91 Å². The first kappa shape index (κ1) is 23.5. The van der Waals surface area contributed by atoms with E-state index in [1.807, 2.05) is 44.7 Å². The lowest BCUT2D eigenvalue weighted by Crippen LogP contribution is -2.53. The van der Waals surface area contributed by atoms with Crippen molar-refractivity contribution in [1.29, 1.82) is 0 Å². The predicted octanol–water partition coefficient (Wildman–Crippen LogP) is 2.81. The molecule has 12 heteroatoms. The molecule has 1 saturated heterocycles. The van der Waals surface area contributed by atoms with Crippen LogP contribution in [0.15, 0.2) is 43.2 Å². The Balaban J connectivity index is 1.36. The molecule has 1 aliphatic rings. The number of nitrogens with zero attached hydrogens (tertiary/aromatic N) is 9. The fourth-order valence-electron chi connectivity index (χ4n) is 4.47. The fourth-order valence-corrected chi connectivity index (χ4v) is 4.47. The molecular weight excluding hydrogens is 462 g/mol. The molecule has 5 heterocycles. The summed E-state index contributed by atoms with van der Waals surface area (Å²) < 4.78 is 5.65. The van der Waals surface area contributed by atoms with Gasteiger partial charge in [0, 0.05) is 43.7 Å². The Labute approximate surface area is 207 Å². The predicted molar refractivity (Wildman–Crippen MR) is 131 cm³/mol. The molecule has 4 aromatic heterocycles. The van der Waals surface area contributed by atoms with E-state index in [9.17, 15) is 9.59 Å². The van der Waals surface area contributed by atoms with Gasteiger partial charge < -0.3 is 14.9 Å². The van der Waals surface area contributed by atoms with Crippen molar-refractivity contribution in [2.75, 3.05) is 26.7 Å². The van der Waals surface area contributed by atoms with Crippen molar-refractivity contribution in [3.05, 3.63) is 43.2 Å². The van der Waals surface area contributed by atoms with E-state index in [2.05, 4.69) is 29.1 Å². The van der Waals surface area contributed by atoms with Crippen LogP contribution in [0.4, 0.5) is 4.79 Å². The zero-order chi connectivity index (χ0) is 25.4. The lowest BCUT2D eigenvalue weighted by molar-refractivity contribution is -0.137. The lowest BCUT2D eigenvalue weighted by Gasteiger charge is -2.39. The summed E-state index contributed by atoms with van der Waals surface area (Å²) in [4.78, 5) is 30.8. The summed E-state index contributed by atoms with van der Waals surface area (Å²) >= 11 is 0. The Hall–Kier alpha value is -4.22. The quantitative estimate of drug-likeness (QED) is 0.401. The molecular formula is C24H29N9O3. The second-order valence-electron chi connectivity index (χ2n) is 9.12. The van der Waals surface area contributed by atoms with Gasteiger partial charge in [0.05, 0.1) is 53.8 Å². The number of likely N-dealkylation sites (tertiary alicyclic amines) is 1. The van der Waals surface area contributed by atoms with Gasteiger partial charge >= 0.3 is 6.09 Å². The summed E-state index contributed by atoms with van der Waals surface area (Å²) in [6, 6.07) is 2.31. The highest BCUT2D eigenvalue weighted by Gasteiger charge is 2.33. The number of carboxylic acid groups (broad SMARTS) is 1. The number of rotatable bonds is 8. The summed E-state index contributed by atoms with van der Waals surface area (Å²) in [6.45, 7) is 5.13. The van der Waals surface area contributed by atoms with Crippen LogP contribution in [-0.4, -0.2) is 87.7 Å². The van der Waals surface area contributed by atoms with E-state index in [0.29, 0.717) is 19.1 Å². The normalized spacial score (nSPS) is 13.9. The number of amides is 2. The van der Waals surface area contributed by atoms with Gasteiger partial charge in [-0.25, -0.2) is 14.3 Å². The molecule has 1 fully saturated rings. The van der Waals surface area contributed by atoms with Gasteiger partial charge in [-0.1, -0.05) is 13.8 Å². The molecule has 0 aromatic carbocycles. The van der Waals surface area contributed by atoms with E-state index in [4.69, 9.17) is 10.1 Å². The van der Waals surface area contributed by atoms with Crippen molar-refractivity contribution in [3.63, 3.8) is 0 Å². The molecule has 188 valence electrons. The van der Waals surface area contributed by atoms with Gasteiger partial charge in [0.1, 0.15) is 6.54 Å². The fraction of sp³-hybridized carbons (Fsp3) is 0.417. The average molecular weight is 492 g/mol. The molecule has 0 radical (unpaired) electrons. The maximum atomic E-state index is 12.3. The summed E-state index contributed by atoms with van der Waals surface area (Å²) in [5.41, 5.74) is 4.21. The Morgan fingerprint density at radius 3 is 2.56 bits per heavy atom. The number of carbonyl (C=O) groups is 2. The smallest absolute Gasteiger partial charge is 0.407 e. The molecule has 0 aliphatic carbocycles. The van der Waals surface area contributed by atoms with E-state index in [1.165, 1.54) is 7.05 Å². The summed E-state index contributed by atoms with van der Waals surface area (Å²) in [7, 11) is 1.38. The van der Waals surface area contributed by atoms with Gasteiger partial charge in [-0.15, -0.1) is 0 Å². The minimum absolute atomic E-state index is 0.0315. The van der Waals surface area contributed by atoms with Crippen LogP contribution in [0.2, 0.25) is 0 Å². The van der Waals surface area contributed by atoms with Crippen LogP contribution in [0.25, 0.3) is 28.0 Å². The number of hydrogen-bond donors (Lipinski definition) is 1. The van der Waals surface area contributed by atoms with Crippen molar-refractivity contribution >= 4 is 17.5 Å². The SMILES string of the molecule is CCC(CC)n1cc(-c2nc(-c3cnn(C4CN(C(=O)CN(C)C(=O)O)C4)c3)cn3nccc23)cn1. The third-order valence-electron chi connectivity index (χ3n) is 6.77. The highest BCUT2D eigenvalue weighted by molar-refractivity contribution is 5.82. The maximum absolute atomic E-state index is 12.3. The van der Waals surface area contributed by atoms with Crippen LogP contribution in [0.3, 0.4) is 0 Å². The molecule has 5 rings (SSSR count). The van der Waals surface area contributed by atoms with Gasteiger partial charge in [-0.2, -0.15) is 15.3 Å². The van der Waals surface area contributed by atoms with Crippen molar-refractivity contribution in [1.82, 2.24) is 44.0 Å². The Kier molecular flexibility index (Phi) is 6.17. The first-order valence-corrected chi connectivity index (χ1v) is 12.0. The largest absolute Gasteiger partial charge is 0.465 e. The molecule has 0 atom stereocenters. The first-order chi connectivity index (χ1) is 17.4. The molecule has 1 N–H and O–H groups in total. The van der Waals surface area contributed by atoms with Crippen LogP contribution in [0.5, 0.6) is 0 Å². The number of carbonyl (C=O) groups excluding carboxylic acids is 1. The van der Waals surface area contributed by atoms with Crippen molar-refractivity contribution < 1.29 is 14.7 Å². The molecule has 36 heavy (non-hydrogen) atoms. The summed E-state index contributed by atoms with van der Waals surface area (Å²) in [6.07, 6.45) is 12.1. The first-order valence-electron chi connectivity index (χ1n) is 12.0. The van der Waals surface area contributed by atoms with Gasteiger partial charge in [-0.05, 0) is 18.9 Å². The molecule has 0 saturated carbocycles. The molecule has 0 spiro atoms. The zero-order valence-corrected chi connectivity index (χ0v) is 20.5. The number of hydrogen-bond acceptors (Lipinski definition) is 6. The average Bonchev–Trinajstić information content (AvgIpc) is 3.59.